The van der Waals surface area contributed by atoms with E-state index in [1.165, 1.54) is 22.9 Å². The minimum Gasteiger partial charge on any atom is -0.326 e. The average Bonchev–Trinajstić information content (AvgIpc) is 2.08. The van der Waals surface area contributed by atoms with Crippen molar-refractivity contribution in [1.29, 1.82) is 5.26 Å². The van der Waals surface area contributed by atoms with Crippen molar-refractivity contribution in [3.05, 3.63) is 34.2 Å². The van der Waals surface area contributed by atoms with Gasteiger partial charge in [-0.05, 0) is 13.0 Å². The zero-order chi connectivity index (χ0) is 9.84. The summed E-state index contributed by atoms with van der Waals surface area (Å²) in [7, 11) is 0. The molecule has 0 saturated carbocycles. The molecule has 0 saturated heterocycles. The number of rotatable bonds is 2. The number of nitrogens with two attached hydrogens (primary N) is 1. The summed E-state index contributed by atoms with van der Waals surface area (Å²) in [6, 6.07) is 4.75. The molecule has 4 heteroatoms. The Labute approximate surface area is 76.2 Å². The molecule has 1 unspecified atom stereocenters. The van der Waals surface area contributed by atoms with Gasteiger partial charge in [0, 0.05) is 24.8 Å². The highest BCUT2D eigenvalue weighted by molar-refractivity contribution is 5.24. The first kappa shape index (κ1) is 9.49. The third-order valence-corrected chi connectivity index (χ3v) is 1.60. The van der Waals surface area contributed by atoms with Crippen LogP contribution in [0.25, 0.3) is 0 Å². The Morgan fingerprint density at radius 2 is 2.38 bits per heavy atom. The molecule has 0 aliphatic carbocycles. The lowest BCUT2D eigenvalue weighted by atomic mass is 10.3. The Bertz CT molecular complexity index is 387. The van der Waals surface area contributed by atoms with E-state index < -0.39 is 0 Å². The van der Waals surface area contributed by atoms with Crippen LogP contribution in [-0.2, 0) is 6.54 Å². The average molecular weight is 177 g/mol. The molecule has 1 rings (SSSR count). The van der Waals surface area contributed by atoms with E-state index in [1.807, 2.05) is 13.0 Å². The predicted octanol–water partition coefficient (Wildman–Crippen LogP) is 0.0672. The Kier molecular flexibility index (Phi) is 2.83. The molecular formula is C9H11N3O. The Hall–Kier alpha value is -1.60. The Balaban J connectivity index is 3.06. The topological polar surface area (TPSA) is 71.8 Å². The first-order valence-corrected chi connectivity index (χ1v) is 3.99. The predicted molar refractivity (Wildman–Crippen MR) is 49.1 cm³/mol. The van der Waals surface area contributed by atoms with E-state index in [4.69, 9.17) is 11.0 Å². The van der Waals surface area contributed by atoms with Crippen LogP contribution in [-0.4, -0.2) is 10.6 Å². The highest BCUT2D eigenvalue weighted by Gasteiger charge is 2.00. The highest BCUT2D eigenvalue weighted by Crippen LogP contribution is 1.93. The number of hydrogen-bond acceptors (Lipinski definition) is 3. The third kappa shape index (κ3) is 2.42. The molecule has 4 nitrogen and oxygen atoms in total. The van der Waals surface area contributed by atoms with E-state index in [9.17, 15) is 4.79 Å². The second kappa shape index (κ2) is 3.87. The smallest absolute Gasteiger partial charge is 0.250 e. The zero-order valence-electron chi connectivity index (χ0n) is 7.40. The van der Waals surface area contributed by atoms with E-state index in [0.717, 1.165) is 0 Å². The largest absolute Gasteiger partial charge is 0.326 e. The van der Waals surface area contributed by atoms with Gasteiger partial charge in [0.1, 0.15) is 6.07 Å². The van der Waals surface area contributed by atoms with Gasteiger partial charge in [0.05, 0.1) is 5.56 Å². The molecule has 2 N–H and O–H groups in total. The summed E-state index contributed by atoms with van der Waals surface area (Å²) in [6.07, 6.45) is 1.52. The fourth-order valence-corrected chi connectivity index (χ4v) is 1.05. The van der Waals surface area contributed by atoms with Crippen molar-refractivity contribution >= 4 is 0 Å². The van der Waals surface area contributed by atoms with E-state index in [2.05, 4.69) is 0 Å². The molecule has 0 aliphatic rings. The second-order valence-electron chi connectivity index (χ2n) is 3.00. The molecule has 0 bridgehead atoms. The number of pyridine rings is 1. The van der Waals surface area contributed by atoms with Crippen LogP contribution in [0.1, 0.15) is 12.5 Å². The van der Waals surface area contributed by atoms with Gasteiger partial charge in [-0.2, -0.15) is 5.26 Å². The number of hydrogen-bond donors (Lipinski definition) is 1. The minimum atomic E-state index is -0.128. The zero-order valence-corrected chi connectivity index (χ0v) is 7.40. The first-order valence-electron chi connectivity index (χ1n) is 3.99. The molecule has 0 aliphatic heterocycles. The van der Waals surface area contributed by atoms with Gasteiger partial charge in [0.15, 0.2) is 0 Å². The lowest BCUT2D eigenvalue weighted by Crippen LogP contribution is -2.29. The Morgan fingerprint density at radius 1 is 1.69 bits per heavy atom. The summed E-state index contributed by atoms with van der Waals surface area (Å²) in [6.45, 7) is 2.25. The van der Waals surface area contributed by atoms with E-state index >= 15 is 0 Å². The van der Waals surface area contributed by atoms with Crippen molar-refractivity contribution < 1.29 is 0 Å². The van der Waals surface area contributed by atoms with Gasteiger partial charge in [0.25, 0.3) is 5.56 Å². The second-order valence-corrected chi connectivity index (χ2v) is 3.00. The van der Waals surface area contributed by atoms with Gasteiger partial charge >= 0.3 is 0 Å². The van der Waals surface area contributed by atoms with Crippen molar-refractivity contribution in [2.24, 2.45) is 5.73 Å². The van der Waals surface area contributed by atoms with E-state index in [-0.39, 0.29) is 11.6 Å². The van der Waals surface area contributed by atoms with Crippen molar-refractivity contribution in [3.63, 3.8) is 0 Å². The number of nitrogens with zero attached hydrogens (tertiary/aromatic N) is 2. The fourth-order valence-electron chi connectivity index (χ4n) is 1.05. The normalized spacial score (nSPS) is 12.1. The van der Waals surface area contributed by atoms with Crippen LogP contribution in [0.5, 0.6) is 0 Å². The molecule has 1 heterocycles. The standard InChI is InChI=1S/C9H11N3O/c1-7(11)5-12-6-8(4-10)2-3-9(12)13/h2-3,6-7H,5,11H2,1H3. The molecule has 1 aromatic heterocycles. The van der Waals surface area contributed by atoms with Gasteiger partial charge in [-0.3, -0.25) is 4.79 Å². The van der Waals surface area contributed by atoms with Crippen molar-refractivity contribution in [1.82, 2.24) is 4.57 Å². The lowest BCUT2D eigenvalue weighted by molar-refractivity contribution is 0.573. The highest BCUT2D eigenvalue weighted by atomic mass is 16.1. The molecule has 0 fully saturated rings. The molecule has 68 valence electrons. The van der Waals surface area contributed by atoms with Gasteiger partial charge in [0.2, 0.25) is 0 Å². The van der Waals surface area contributed by atoms with Crippen LogP contribution in [0, 0.1) is 11.3 Å². The van der Waals surface area contributed by atoms with Crippen molar-refractivity contribution in [2.45, 2.75) is 19.5 Å². The quantitative estimate of drug-likeness (QED) is 0.694. The molecular weight excluding hydrogens is 166 g/mol. The van der Waals surface area contributed by atoms with Crippen molar-refractivity contribution in [2.75, 3.05) is 0 Å². The fraction of sp³-hybridized carbons (Fsp3) is 0.333. The van der Waals surface area contributed by atoms with Gasteiger partial charge < -0.3 is 10.3 Å². The summed E-state index contributed by atoms with van der Waals surface area (Å²) in [4.78, 5) is 11.2. The van der Waals surface area contributed by atoms with Gasteiger partial charge in [-0.15, -0.1) is 0 Å². The van der Waals surface area contributed by atoms with Crippen LogP contribution in [0.2, 0.25) is 0 Å². The molecule has 0 radical (unpaired) electrons. The van der Waals surface area contributed by atoms with Gasteiger partial charge in [-0.25, -0.2) is 0 Å². The third-order valence-electron chi connectivity index (χ3n) is 1.60. The number of aromatic nitrogens is 1. The van der Waals surface area contributed by atoms with E-state index in [1.54, 1.807) is 0 Å². The maximum atomic E-state index is 11.2. The molecule has 1 aromatic rings. The van der Waals surface area contributed by atoms with Crippen LogP contribution in [0.4, 0.5) is 0 Å². The molecule has 0 aromatic carbocycles. The summed E-state index contributed by atoms with van der Waals surface area (Å²) in [5, 5.41) is 8.59. The number of nitriles is 1. The maximum absolute atomic E-state index is 11.2. The van der Waals surface area contributed by atoms with E-state index in [0.29, 0.717) is 12.1 Å². The molecule has 13 heavy (non-hydrogen) atoms. The van der Waals surface area contributed by atoms with Gasteiger partial charge in [-0.1, -0.05) is 0 Å². The summed E-state index contributed by atoms with van der Waals surface area (Å²) >= 11 is 0. The van der Waals surface area contributed by atoms with Crippen LogP contribution < -0.4 is 11.3 Å². The van der Waals surface area contributed by atoms with Crippen LogP contribution in [0.15, 0.2) is 23.1 Å². The SMILES string of the molecule is CC(N)Cn1cc(C#N)ccc1=O. The Morgan fingerprint density at radius 3 is 2.92 bits per heavy atom. The first-order chi connectivity index (χ1) is 6.13. The molecule has 0 amide bonds. The maximum Gasteiger partial charge on any atom is 0.250 e. The van der Waals surface area contributed by atoms with Crippen LogP contribution in [0.3, 0.4) is 0 Å². The molecule has 0 spiro atoms. The molecule has 1 atom stereocenters. The summed E-state index contributed by atoms with van der Waals surface area (Å²) in [5.74, 6) is 0. The lowest BCUT2D eigenvalue weighted by Gasteiger charge is -2.07. The minimum absolute atomic E-state index is 0.0911. The monoisotopic (exact) mass is 177 g/mol. The van der Waals surface area contributed by atoms with Crippen molar-refractivity contribution in [3.8, 4) is 6.07 Å². The summed E-state index contributed by atoms with van der Waals surface area (Å²) < 4.78 is 1.45. The van der Waals surface area contributed by atoms with Crippen LogP contribution >= 0.6 is 0 Å². The summed E-state index contributed by atoms with van der Waals surface area (Å²) in [5.41, 5.74) is 5.89.